The van der Waals surface area contributed by atoms with Gasteiger partial charge in [0.25, 0.3) is 0 Å². The van der Waals surface area contributed by atoms with Gasteiger partial charge < -0.3 is 0 Å². The van der Waals surface area contributed by atoms with Gasteiger partial charge in [0, 0.05) is 0 Å². The van der Waals surface area contributed by atoms with Gasteiger partial charge in [0.15, 0.2) is 0 Å². The first kappa shape index (κ1) is 29.3. The van der Waals surface area contributed by atoms with E-state index < -0.39 is 0 Å². The van der Waals surface area contributed by atoms with Crippen molar-refractivity contribution in [1.29, 1.82) is 0 Å². The van der Waals surface area contributed by atoms with Gasteiger partial charge in [-0.05, 0) is 141 Å². The molecule has 0 aromatic heterocycles. The molecule has 222 valence electrons. The van der Waals surface area contributed by atoms with Gasteiger partial charge in [-0.2, -0.15) is 0 Å². The summed E-state index contributed by atoms with van der Waals surface area (Å²) in [5.74, 6) is 0. The highest BCUT2D eigenvalue weighted by molar-refractivity contribution is 5.97. The van der Waals surface area contributed by atoms with Crippen LogP contribution in [0.25, 0.3) is 66.8 Å². The van der Waals surface area contributed by atoms with Crippen molar-refractivity contribution in [3.63, 3.8) is 0 Å². The van der Waals surface area contributed by atoms with E-state index in [1.54, 1.807) is 0 Å². The highest BCUT2D eigenvalue weighted by Gasteiger charge is 2.19. The van der Waals surface area contributed by atoms with Crippen LogP contribution in [0.2, 0.25) is 0 Å². The summed E-state index contributed by atoms with van der Waals surface area (Å²) in [6.45, 7) is 8.86. The Bertz CT molecular complexity index is 2010. The summed E-state index contributed by atoms with van der Waals surface area (Å²) in [5, 5.41) is 0. The van der Waals surface area contributed by atoms with Crippen LogP contribution in [0.15, 0.2) is 158 Å². The van der Waals surface area contributed by atoms with Crippen molar-refractivity contribution < 1.29 is 0 Å². The van der Waals surface area contributed by atoms with E-state index >= 15 is 0 Å². The summed E-state index contributed by atoms with van der Waals surface area (Å²) in [5.41, 5.74) is 20.0. The lowest BCUT2D eigenvalue weighted by Gasteiger charge is -2.21. The predicted octanol–water partition coefficient (Wildman–Crippen LogP) is 12.9. The second-order valence-corrected chi connectivity index (χ2v) is 12.4. The standard InChI is InChI=1S/C46H38/c1-31-15-11-13-21-39(31)37-25-23-33(3)41(27-37)45-29-44(36-19-9-6-10-20-36)46(30-43(45)35-17-7-5-8-18-35)42-28-38(26-24-34(42)4)40-22-14-12-16-32(40)2/h5-30H,1-4H3. The van der Waals surface area contributed by atoms with Crippen LogP contribution < -0.4 is 0 Å². The second-order valence-electron chi connectivity index (χ2n) is 12.4. The van der Waals surface area contributed by atoms with E-state index in [1.807, 2.05) is 0 Å². The van der Waals surface area contributed by atoms with Gasteiger partial charge in [0.05, 0.1) is 0 Å². The van der Waals surface area contributed by atoms with Gasteiger partial charge in [0.1, 0.15) is 0 Å². The van der Waals surface area contributed by atoms with Crippen molar-refractivity contribution in [2.24, 2.45) is 0 Å². The molecule has 0 nitrogen and oxygen atoms in total. The highest BCUT2D eigenvalue weighted by atomic mass is 14.2. The molecule has 0 spiro atoms. The molecule has 0 atom stereocenters. The predicted molar refractivity (Wildman–Crippen MR) is 198 cm³/mol. The summed E-state index contributed by atoms with van der Waals surface area (Å²) >= 11 is 0. The van der Waals surface area contributed by atoms with Crippen molar-refractivity contribution in [2.45, 2.75) is 27.7 Å². The van der Waals surface area contributed by atoms with Crippen LogP contribution in [0.5, 0.6) is 0 Å². The van der Waals surface area contributed by atoms with Crippen molar-refractivity contribution in [2.75, 3.05) is 0 Å². The zero-order chi connectivity index (χ0) is 31.6. The van der Waals surface area contributed by atoms with Crippen LogP contribution in [-0.2, 0) is 0 Å². The molecule has 0 aliphatic rings. The Hall–Kier alpha value is -5.46. The molecule has 0 amide bonds. The molecule has 0 unspecified atom stereocenters. The monoisotopic (exact) mass is 590 g/mol. The smallest absolute Gasteiger partial charge is 0.00959 e. The lowest BCUT2D eigenvalue weighted by Crippen LogP contribution is -1.96. The summed E-state index contributed by atoms with van der Waals surface area (Å²) in [7, 11) is 0. The van der Waals surface area contributed by atoms with Gasteiger partial charge in [-0.3, -0.25) is 0 Å². The normalized spacial score (nSPS) is 11.0. The van der Waals surface area contributed by atoms with E-state index in [2.05, 4.69) is 185 Å². The topological polar surface area (TPSA) is 0 Å². The second kappa shape index (κ2) is 12.5. The first-order valence-electron chi connectivity index (χ1n) is 16.1. The minimum atomic E-state index is 1.21. The third kappa shape index (κ3) is 5.59. The average Bonchev–Trinajstić information content (AvgIpc) is 3.10. The Kier molecular flexibility index (Phi) is 7.95. The number of hydrogen-bond acceptors (Lipinski definition) is 0. The molecule has 0 saturated carbocycles. The molecular weight excluding hydrogens is 553 g/mol. The molecule has 0 heterocycles. The number of benzene rings is 7. The minimum Gasteiger partial charge on any atom is -0.0622 e. The SMILES string of the molecule is Cc1ccccc1-c1ccc(C)c(-c2cc(-c3ccccc3)c(-c3cc(-c4ccccc4C)ccc3C)cc2-c2ccccc2)c1. The molecule has 0 N–H and O–H groups in total. The molecule has 0 radical (unpaired) electrons. The van der Waals surface area contributed by atoms with Crippen molar-refractivity contribution in [1.82, 2.24) is 0 Å². The Balaban J connectivity index is 1.54. The largest absolute Gasteiger partial charge is 0.0622 e. The Morgan fingerprint density at radius 1 is 0.217 bits per heavy atom. The van der Waals surface area contributed by atoms with E-state index in [9.17, 15) is 0 Å². The first-order chi connectivity index (χ1) is 22.5. The third-order valence-electron chi connectivity index (χ3n) is 9.29. The fourth-order valence-electron chi connectivity index (χ4n) is 6.71. The molecule has 0 aliphatic carbocycles. The van der Waals surface area contributed by atoms with Crippen LogP contribution in [0, 0.1) is 27.7 Å². The molecule has 0 bridgehead atoms. The maximum absolute atomic E-state index is 2.44. The minimum absolute atomic E-state index is 1.21. The molecule has 0 aliphatic heterocycles. The van der Waals surface area contributed by atoms with Crippen LogP contribution in [0.3, 0.4) is 0 Å². The first-order valence-corrected chi connectivity index (χ1v) is 16.1. The van der Waals surface area contributed by atoms with Crippen LogP contribution in [0.1, 0.15) is 22.3 Å². The maximum atomic E-state index is 2.44. The molecule has 46 heavy (non-hydrogen) atoms. The van der Waals surface area contributed by atoms with Gasteiger partial charge in [-0.1, -0.05) is 133 Å². The molecule has 7 aromatic rings. The molecular formula is C46H38. The maximum Gasteiger partial charge on any atom is -0.00959 e. The van der Waals surface area contributed by atoms with Crippen LogP contribution >= 0.6 is 0 Å². The Morgan fingerprint density at radius 3 is 0.957 bits per heavy atom. The molecule has 0 fully saturated rings. The van der Waals surface area contributed by atoms with Gasteiger partial charge in [-0.25, -0.2) is 0 Å². The fraction of sp³-hybridized carbons (Fsp3) is 0.0870. The molecule has 7 rings (SSSR count). The molecule has 0 saturated heterocycles. The van der Waals surface area contributed by atoms with E-state index in [0.29, 0.717) is 0 Å². The number of rotatable bonds is 6. The summed E-state index contributed by atoms with van der Waals surface area (Å²) in [6, 6.07) is 57.8. The van der Waals surface area contributed by atoms with Crippen molar-refractivity contribution in [3.05, 3.63) is 180 Å². The summed E-state index contributed by atoms with van der Waals surface area (Å²) in [6.07, 6.45) is 0. The average molecular weight is 591 g/mol. The number of aryl methyl sites for hydroxylation is 4. The Labute approximate surface area is 273 Å². The quantitative estimate of drug-likeness (QED) is 0.181. The lowest BCUT2D eigenvalue weighted by atomic mass is 9.82. The van der Waals surface area contributed by atoms with Crippen LogP contribution in [-0.4, -0.2) is 0 Å². The van der Waals surface area contributed by atoms with Crippen molar-refractivity contribution in [3.8, 4) is 66.8 Å². The Morgan fingerprint density at radius 2 is 0.565 bits per heavy atom. The zero-order valence-corrected chi connectivity index (χ0v) is 27.0. The molecule has 7 aromatic carbocycles. The fourth-order valence-corrected chi connectivity index (χ4v) is 6.71. The lowest BCUT2D eigenvalue weighted by molar-refractivity contribution is 1.41. The highest BCUT2D eigenvalue weighted by Crippen LogP contribution is 2.45. The summed E-state index contributed by atoms with van der Waals surface area (Å²) in [4.78, 5) is 0. The van der Waals surface area contributed by atoms with E-state index in [-0.39, 0.29) is 0 Å². The van der Waals surface area contributed by atoms with E-state index in [0.717, 1.165) is 0 Å². The van der Waals surface area contributed by atoms with Crippen LogP contribution in [0.4, 0.5) is 0 Å². The van der Waals surface area contributed by atoms with E-state index in [4.69, 9.17) is 0 Å². The molecule has 0 heteroatoms. The third-order valence-corrected chi connectivity index (χ3v) is 9.29. The number of hydrogen-bond donors (Lipinski definition) is 0. The zero-order valence-electron chi connectivity index (χ0n) is 27.0. The van der Waals surface area contributed by atoms with Gasteiger partial charge in [0.2, 0.25) is 0 Å². The summed E-state index contributed by atoms with van der Waals surface area (Å²) < 4.78 is 0. The van der Waals surface area contributed by atoms with E-state index in [1.165, 1.54) is 89.0 Å². The van der Waals surface area contributed by atoms with Gasteiger partial charge >= 0.3 is 0 Å². The van der Waals surface area contributed by atoms with Gasteiger partial charge in [-0.15, -0.1) is 0 Å². The van der Waals surface area contributed by atoms with Crippen molar-refractivity contribution >= 4 is 0 Å².